The Bertz CT molecular complexity index is 928. The number of fused-ring (bicyclic) bond motifs is 1. The number of H-pyrrole nitrogens is 1. The summed E-state index contributed by atoms with van der Waals surface area (Å²) in [6, 6.07) is 10.5. The van der Waals surface area contributed by atoms with Crippen LogP contribution in [0.25, 0.3) is 23.2 Å². The molecule has 0 bridgehead atoms. The molecule has 2 N–H and O–H groups in total. The molecule has 0 atom stereocenters. The quantitative estimate of drug-likeness (QED) is 0.751. The summed E-state index contributed by atoms with van der Waals surface area (Å²) in [6.07, 6.45) is 3.60. The lowest BCUT2D eigenvalue weighted by Gasteiger charge is -2.06. The van der Waals surface area contributed by atoms with Crippen LogP contribution in [0.15, 0.2) is 36.4 Å². The predicted octanol–water partition coefficient (Wildman–Crippen LogP) is 3.45. The van der Waals surface area contributed by atoms with Crippen molar-refractivity contribution in [2.45, 2.75) is 0 Å². The number of imidazole rings is 1. The fourth-order valence-electron chi connectivity index (χ4n) is 2.44. The Balaban J connectivity index is 1.99. The fourth-order valence-corrected chi connectivity index (χ4v) is 2.44. The number of hydrogen-bond acceptors (Lipinski definition) is 4. The van der Waals surface area contributed by atoms with Crippen molar-refractivity contribution in [1.82, 2.24) is 9.97 Å². The first-order valence-electron chi connectivity index (χ1n) is 7.24. The summed E-state index contributed by atoms with van der Waals surface area (Å²) < 4.78 is 10.5. The van der Waals surface area contributed by atoms with Crippen LogP contribution in [0, 0.1) is 0 Å². The van der Waals surface area contributed by atoms with Crippen LogP contribution < -0.4 is 9.47 Å². The number of carbonyl (C=O) groups is 1. The van der Waals surface area contributed by atoms with Gasteiger partial charge in [0.25, 0.3) is 0 Å². The highest BCUT2D eigenvalue weighted by atomic mass is 16.5. The molecule has 0 amide bonds. The van der Waals surface area contributed by atoms with Crippen LogP contribution in [-0.4, -0.2) is 35.3 Å². The summed E-state index contributed by atoms with van der Waals surface area (Å²) >= 11 is 0. The number of hydrogen-bond donors (Lipinski definition) is 2. The van der Waals surface area contributed by atoms with E-state index < -0.39 is 5.97 Å². The van der Waals surface area contributed by atoms with Crippen LogP contribution in [0.1, 0.15) is 21.7 Å². The molecule has 0 aliphatic rings. The van der Waals surface area contributed by atoms with Crippen molar-refractivity contribution in [2.24, 2.45) is 0 Å². The summed E-state index contributed by atoms with van der Waals surface area (Å²) in [7, 11) is 3.20. The van der Waals surface area contributed by atoms with Gasteiger partial charge in [-0.25, -0.2) is 9.78 Å². The zero-order valence-corrected chi connectivity index (χ0v) is 13.2. The number of benzene rings is 2. The second-order valence-corrected chi connectivity index (χ2v) is 5.07. The lowest BCUT2D eigenvalue weighted by molar-refractivity contribution is 0.0699. The second kappa shape index (κ2) is 6.45. The average Bonchev–Trinajstić information content (AvgIpc) is 3.02. The van der Waals surface area contributed by atoms with E-state index in [4.69, 9.17) is 9.47 Å². The highest BCUT2D eigenvalue weighted by Crippen LogP contribution is 2.26. The van der Waals surface area contributed by atoms with Gasteiger partial charge < -0.3 is 19.6 Å². The lowest BCUT2D eigenvalue weighted by atomic mass is 10.1. The number of rotatable bonds is 5. The molecule has 6 heteroatoms. The number of ether oxygens (including phenoxy) is 2. The first-order valence-corrected chi connectivity index (χ1v) is 7.24. The molecule has 122 valence electrons. The van der Waals surface area contributed by atoms with E-state index in [-0.39, 0.29) is 5.56 Å². The average molecular weight is 324 g/mol. The minimum atomic E-state index is -1.00. The number of nitrogens with one attached hydrogen (secondary N) is 1. The lowest BCUT2D eigenvalue weighted by Crippen LogP contribution is -1.96. The maximum atomic E-state index is 11.3. The fraction of sp³-hybridized carbons (Fsp3) is 0.111. The molecule has 0 fully saturated rings. The van der Waals surface area contributed by atoms with Gasteiger partial charge in [-0.2, -0.15) is 0 Å². The van der Waals surface area contributed by atoms with Crippen molar-refractivity contribution in [1.29, 1.82) is 0 Å². The topological polar surface area (TPSA) is 84.4 Å². The second-order valence-electron chi connectivity index (χ2n) is 5.07. The summed E-state index contributed by atoms with van der Waals surface area (Å²) in [4.78, 5) is 18.7. The Morgan fingerprint density at radius 1 is 1.17 bits per heavy atom. The van der Waals surface area contributed by atoms with E-state index >= 15 is 0 Å². The van der Waals surface area contributed by atoms with E-state index in [2.05, 4.69) is 9.97 Å². The van der Waals surface area contributed by atoms with Crippen molar-refractivity contribution >= 4 is 29.2 Å². The molecule has 0 spiro atoms. The number of carboxylic acids is 1. The number of aromatic amines is 1. The van der Waals surface area contributed by atoms with E-state index in [1.807, 2.05) is 24.3 Å². The molecule has 1 aromatic heterocycles. The number of carboxylic acid groups (broad SMARTS) is 1. The zero-order chi connectivity index (χ0) is 17.1. The summed E-state index contributed by atoms with van der Waals surface area (Å²) in [5, 5.41) is 9.22. The van der Waals surface area contributed by atoms with Gasteiger partial charge in [-0.1, -0.05) is 6.07 Å². The van der Waals surface area contributed by atoms with Gasteiger partial charge in [-0.3, -0.25) is 0 Å². The normalized spacial score (nSPS) is 11.1. The predicted molar refractivity (Wildman–Crippen MR) is 91.5 cm³/mol. The molecule has 24 heavy (non-hydrogen) atoms. The van der Waals surface area contributed by atoms with E-state index in [1.165, 1.54) is 6.07 Å². The SMILES string of the molecule is COc1ccc(OC)c(C=Cc2nc3c(C(=O)O)cccc3[nH]2)c1. The van der Waals surface area contributed by atoms with Crippen LogP contribution >= 0.6 is 0 Å². The molecular weight excluding hydrogens is 308 g/mol. The molecule has 0 saturated carbocycles. The minimum Gasteiger partial charge on any atom is -0.497 e. The highest BCUT2D eigenvalue weighted by Gasteiger charge is 2.11. The standard InChI is InChI=1S/C18H16N2O4/c1-23-12-7-8-15(24-2)11(10-12)6-9-16-19-14-5-3-4-13(18(21)22)17(14)20-16/h3-10H,1-2H3,(H,19,20)(H,21,22). The van der Waals surface area contributed by atoms with Crippen LogP contribution in [0.3, 0.4) is 0 Å². The maximum Gasteiger partial charge on any atom is 0.337 e. The Hall–Kier alpha value is -3.28. The summed E-state index contributed by atoms with van der Waals surface area (Å²) in [5.74, 6) is 0.975. The molecule has 0 saturated heterocycles. The summed E-state index contributed by atoms with van der Waals surface area (Å²) in [6.45, 7) is 0. The van der Waals surface area contributed by atoms with Crippen LogP contribution in [-0.2, 0) is 0 Å². The molecular formula is C18H16N2O4. The van der Waals surface area contributed by atoms with Crippen molar-refractivity contribution in [3.63, 3.8) is 0 Å². The van der Waals surface area contributed by atoms with Gasteiger partial charge in [0.05, 0.1) is 25.3 Å². The highest BCUT2D eigenvalue weighted by molar-refractivity contribution is 6.01. The van der Waals surface area contributed by atoms with Gasteiger partial charge >= 0.3 is 5.97 Å². The van der Waals surface area contributed by atoms with Crippen molar-refractivity contribution in [3.05, 3.63) is 53.3 Å². The monoisotopic (exact) mass is 324 g/mol. The number of nitrogens with zero attached hydrogens (tertiary/aromatic N) is 1. The Labute approximate surface area is 138 Å². The molecule has 0 aliphatic carbocycles. The van der Waals surface area contributed by atoms with Gasteiger partial charge in [0.1, 0.15) is 22.8 Å². The van der Waals surface area contributed by atoms with Gasteiger partial charge in [0.15, 0.2) is 0 Å². The van der Waals surface area contributed by atoms with Crippen LogP contribution in [0.5, 0.6) is 11.5 Å². The van der Waals surface area contributed by atoms with E-state index in [0.717, 1.165) is 5.56 Å². The molecule has 2 aromatic carbocycles. The summed E-state index contributed by atoms with van der Waals surface area (Å²) in [5.41, 5.74) is 2.10. The van der Waals surface area contributed by atoms with Crippen LogP contribution in [0.4, 0.5) is 0 Å². The van der Waals surface area contributed by atoms with Gasteiger partial charge in [-0.05, 0) is 42.5 Å². The number of aromatic nitrogens is 2. The Morgan fingerprint density at radius 2 is 2.00 bits per heavy atom. The van der Waals surface area contributed by atoms with Gasteiger partial charge in [0, 0.05) is 5.56 Å². The first kappa shape index (κ1) is 15.6. The minimum absolute atomic E-state index is 0.169. The smallest absolute Gasteiger partial charge is 0.337 e. The largest absolute Gasteiger partial charge is 0.497 e. The third-order valence-corrected chi connectivity index (χ3v) is 3.62. The molecule has 0 radical (unpaired) electrons. The number of aromatic carboxylic acids is 1. The van der Waals surface area contributed by atoms with Crippen molar-refractivity contribution < 1.29 is 19.4 Å². The molecule has 1 heterocycles. The third-order valence-electron chi connectivity index (χ3n) is 3.62. The molecule has 0 unspecified atom stereocenters. The molecule has 3 rings (SSSR count). The Morgan fingerprint density at radius 3 is 2.71 bits per heavy atom. The first-order chi connectivity index (χ1) is 11.6. The number of para-hydroxylation sites is 1. The van der Waals surface area contributed by atoms with Crippen LogP contribution in [0.2, 0.25) is 0 Å². The van der Waals surface area contributed by atoms with Gasteiger partial charge in [-0.15, -0.1) is 0 Å². The van der Waals surface area contributed by atoms with E-state index in [9.17, 15) is 9.90 Å². The molecule has 0 aliphatic heterocycles. The van der Waals surface area contributed by atoms with E-state index in [0.29, 0.717) is 28.4 Å². The van der Waals surface area contributed by atoms with Crippen molar-refractivity contribution in [3.8, 4) is 11.5 Å². The zero-order valence-electron chi connectivity index (χ0n) is 13.2. The van der Waals surface area contributed by atoms with Gasteiger partial charge in [0.2, 0.25) is 0 Å². The maximum absolute atomic E-state index is 11.3. The number of methoxy groups -OCH3 is 2. The third kappa shape index (κ3) is 2.94. The molecule has 6 nitrogen and oxygen atoms in total. The molecule has 3 aromatic rings. The van der Waals surface area contributed by atoms with Crippen molar-refractivity contribution in [2.75, 3.05) is 14.2 Å². The van der Waals surface area contributed by atoms with E-state index in [1.54, 1.807) is 32.4 Å². The Kier molecular flexibility index (Phi) is 4.20.